The van der Waals surface area contributed by atoms with E-state index in [1.165, 1.54) is 11.5 Å². The van der Waals surface area contributed by atoms with Gasteiger partial charge in [0, 0.05) is 24.5 Å². The molecule has 1 fully saturated rings. The molecule has 1 amide bonds. The molecule has 2 rings (SSSR count). The molecule has 1 atom stereocenters. The fourth-order valence-electron chi connectivity index (χ4n) is 2.11. The first-order valence-electron chi connectivity index (χ1n) is 5.55. The van der Waals surface area contributed by atoms with Crippen LogP contribution in [-0.4, -0.2) is 26.9 Å². The number of carbonyl (C=O) groups is 1. The van der Waals surface area contributed by atoms with E-state index in [0.29, 0.717) is 23.9 Å². The number of aromatic nitrogens is 2. The molecule has 1 aromatic heterocycles. The fraction of sp³-hybridized carbons (Fsp3) is 0.700. The number of hydrogen-bond acceptors (Lipinski definition) is 5. The van der Waals surface area contributed by atoms with Crippen LogP contribution in [-0.2, 0) is 11.3 Å². The number of rotatable bonds is 4. The Bertz CT molecular complexity index is 379. The maximum atomic E-state index is 11.7. The van der Waals surface area contributed by atoms with E-state index in [-0.39, 0.29) is 5.91 Å². The first-order chi connectivity index (χ1) is 7.70. The summed E-state index contributed by atoms with van der Waals surface area (Å²) < 4.78 is 3.77. The van der Waals surface area contributed by atoms with Crippen molar-refractivity contribution in [2.45, 2.75) is 32.7 Å². The Labute approximate surface area is 98.8 Å². The summed E-state index contributed by atoms with van der Waals surface area (Å²) >= 11 is 1.18. The lowest BCUT2D eigenvalue weighted by molar-refractivity contribution is -0.128. The summed E-state index contributed by atoms with van der Waals surface area (Å²) in [6.45, 7) is 3.50. The van der Waals surface area contributed by atoms with Gasteiger partial charge >= 0.3 is 0 Å². The van der Waals surface area contributed by atoms with E-state index in [4.69, 9.17) is 5.73 Å². The predicted molar refractivity (Wildman–Crippen MR) is 62.8 cm³/mol. The number of likely N-dealkylation sites (tertiary alicyclic amines) is 1. The Morgan fingerprint density at radius 3 is 3.06 bits per heavy atom. The van der Waals surface area contributed by atoms with Crippen LogP contribution in [0.3, 0.4) is 0 Å². The molecule has 88 valence electrons. The van der Waals surface area contributed by atoms with Gasteiger partial charge in [0.15, 0.2) is 0 Å². The highest BCUT2D eigenvalue weighted by Gasteiger charge is 2.29. The number of carbonyl (C=O) groups excluding carboxylic acids is 1. The lowest BCUT2D eigenvalue weighted by Crippen LogP contribution is -2.25. The van der Waals surface area contributed by atoms with Crippen molar-refractivity contribution in [3.63, 3.8) is 0 Å². The molecule has 0 aliphatic carbocycles. The van der Waals surface area contributed by atoms with Crippen molar-refractivity contribution in [1.29, 1.82) is 0 Å². The van der Waals surface area contributed by atoms with Crippen LogP contribution in [0.2, 0.25) is 0 Å². The van der Waals surface area contributed by atoms with E-state index in [1.54, 1.807) is 0 Å². The van der Waals surface area contributed by atoms with Gasteiger partial charge in [-0.05, 0) is 12.3 Å². The second kappa shape index (κ2) is 4.78. The Morgan fingerprint density at radius 1 is 1.62 bits per heavy atom. The number of hydrogen-bond donors (Lipinski definition) is 1. The van der Waals surface area contributed by atoms with Crippen molar-refractivity contribution in [3.05, 3.63) is 5.69 Å². The Hall–Kier alpha value is -1.17. The maximum Gasteiger partial charge on any atom is 0.223 e. The summed E-state index contributed by atoms with van der Waals surface area (Å²) in [6.07, 6.45) is 2.92. The van der Waals surface area contributed by atoms with Gasteiger partial charge in [-0.2, -0.15) is 0 Å². The Morgan fingerprint density at radius 2 is 2.44 bits per heavy atom. The molecule has 0 bridgehead atoms. The Balaban J connectivity index is 1.96. The lowest BCUT2D eigenvalue weighted by Gasteiger charge is -2.14. The third kappa shape index (κ3) is 2.32. The third-order valence-electron chi connectivity index (χ3n) is 2.92. The van der Waals surface area contributed by atoms with Gasteiger partial charge in [0.25, 0.3) is 0 Å². The van der Waals surface area contributed by atoms with Crippen LogP contribution in [0.4, 0.5) is 5.00 Å². The minimum atomic E-state index is 0.214. The quantitative estimate of drug-likeness (QED) is 0.860. The number of amides is 1. The van der Waals surface area contributed by atoms with E-state index < -0.39 is 0 Å². The molecule has 16 heavy (non-hydrogen) atoms. The molecule has 5 nitrogen and oxygen atoms in total. The normalized spacial score (nSPS) is 20.7. The summed E-state index contributed by atoms with van der Waals surface area (Å²) in [6, 6.07) is 0. The van der Waals surface area contributed by atoms with Gasteiger partial charge in [0.1, 0.15) is 10.7 Å². The van der Waals surface area contributed by atoms with Crippen molar-refractivity contribution >= 4 is 22.4 Å². The monoisotopic (exact) mass is 240 g/mol. The molecule has 2 heterocycles. The van der Waals surface area contributed by atoms with Gasteiger partial charge < -0.3 is 10.6 Å². The second-order valence-electron chi connectivity index (χ2n) is 4.22. The highest BCUT2D eigenvalue weighted by molar-refractivity contribution is 7.09. The minimum absolute atomic E-state index is 0.214. The summed E-state index contributed by atoms with van der Waals surface area (Å²) in [5.74, 6) is 0.719. The molecule has 0 aromatic carbocycles. The average molecular weight is 240 g/mol. The zero-order chi connectivity index (χ0) is 11.5. The highest BCUT2D eigenvalue weighted by Crippen LogP contribution is 2.25. The molecule has 0 saturated carbocycles. The molecular weight excluding hydrogens is 224 g/mol. The van der Waals surface area contributed by atoms with Crippen molar-refractivity contribution in [2.75, 3.05) is 12.3 Å². The van der Waals surface area contributed by atoms with Crippen LogP contribution in [0.5, 0.6) is 0 Å². The second-order valence-corrected chi connectivity index (χ2v) is 5.00. The summed E-state index contributed by atoms with van der Waals surface area (Å²) in [7, 11) is 0. The molecular formula is C10H16N4OS. The summed E-state index contributed by atoms with van der Waals surface area (Å²) in [5.41, 5.74) is 6.44. The third-order valence-corrected chi connectivity index (χ3v) is 3.51. The molecule has 6 heteroatoms. The number of nitrogens with zero attached hydrogens (tertiary/aromatic N) is 3. The number of anilines is 1. The Kier molecular flexibility index (Phi) is 3.38. The molecule has 1 saturated heterocycles. The molecule has 1 aliphatic heterocycles. The minimum Gasteiger partial charge on any atom is -0.388 e. The van der Waals surface area contributed by atoms with E-state index in [2.05, 4.69) is 16.5 Å². The van der Waals surface area contributed by atoms with Crippen molar-refractivity contribution in [2.24, 2.45) is 5.92 Å². The summed E-state index contributed by atoms with van der Waals surface area (Å²) in [4.78, 5) is 13.6. The van der Waals surface area contributed by atoms with Gasteiger partial charge in [0.05, 0.1) is 6.54 Å². The number of nitrogen functional groups attached to an aromatic ring is 1. The van der Waals surface area contributed by atoms with Gasteiger partial charge in [-0.25, -0.2) is 0 Å². The molecule has 0 spiro atoms. The average Bonchev–Trinajstić information content (AvgIpc) is 2.77. The molecule has 1 aromatic rings. The predicted octanol–water partition coefficient (Wildman–Crippen LogP) is 1.27. The smallest absolute Gasteiger partial charge is 0.223 e. The first-order valence-corrected chi connectivity index (χ1v) is 6.32. The van der Waals surface area contributed by atoms with Gasteiger partial charge in [-0.15, -0.1) is 5.10 Å². The van der Waals surface area contributed by atoms with Crippen LogP contribution < -0.4 is 5.73 Å². The molecule has 2 N–H and O–H groups in total. The van der Waals surface area contributed by atoms with Gasteiger partial charge in [0.2, 0.25) is 5.91 Å². The largest absolute Gasteiger partial charge is 0.388 e. The van der Waals surface area contributed by atoms with E-state index in [1.807, 2.05) is 4.90 Å². The van der Waals surface area contributed by atoms with E-state index in [9.17, 15) is 4.79 Å². The zero-order valence-corrected chi connectivity index (χ0v) is 10.2. The van der Waals surface area contributed by atoms with Crippen LogP contribution in [0.1, 0.15) is 31.9 Å². The SMILES string of the molecule is CCCC1CC(=O)N(Cc2nnsc2N)C1. The standard InChI is InChI=1S/C10H16N4OS/c1-2-3-7-4-9(15)14(5-7)6-8-10(11)16-13-12-8/h7H,2-6,11H2,1H3. The van der Waals surface area contributed by atoms with Crippen molar-refractivity contribution in [3.8, 4) is 0 Å². The first kappa shape index (κ1) is 11.3. The van der Waals surface area contributed by atoms with Gasteiger partial charge in [-0.3, -0.25) is 4.79 Å². The molecule has 1 aliphatic rings. The van der Waals surface area contributed by atoms with Crippen molar-refractivity contribution < 1.29 is 4.79 Å². The van der Waals surface area contributed by atoms with Gasteiger partial charge in [-0.1, -0.05) is 17.8 Å². The van der Waals surface area contributed by atoms with Crippen molar-refractivity contribution in [1.82, 2.24) is 14.5 Å². The van der Waals surface area contributed by atoms with Crippen LogP contribution >= 0.6 is 11.5 Å². The fourth-order valence-corrected chi connectivity index (χ4v) is 2.55. The topological polar surface area (TPSA) is 72.1 Å². The summed E-state index contributed by atoms with van der Waals surface area (Å²) in [5, 5.41) is 4.55. The lowest BCUT2D eigenvalue weighted by atomic mass is 10.0. The number of nitrogens with two attached hydrogens (primary N) is 1. The molecule has 1 unspecified atom stereocenters. The van der Waals surface area contributed by atoms with Crippen LogP contribution in [0, 0.1) is 5.92 Å². The van der Waals surface area contributed by atoms with Crippen LogP contribution in [0.15, 0.2) is 0 Å². The molecule has 0 radical (unpaired) electrons. The van der Waals surface area contributed by atoms with E-state index >= 15 is 0 Å². The van der Waals surface area contributed by atoms with E-state index in [0.717, 1.165) is 25.1 Å². The zero-order valence-electron chi connectivity index (χ0n) is 9.35. The maximum absolute atomic E-state index is 11.7. The van der Waals surface area contributed by atoms with Crippen LogP contribution in [0.25, 0.3) is 0 Å². The highest BCUT2D eigenvalue weighted by atomic mass is 32.1.